The first-order chi connectivity index (χ1) is 14.0. The number of nitrogens with zero attached hydrogens (tertiary/aromatic N) is 2. The first-order valence-electron chi connectivity index (χ1n) is 9.96. The van der Waals surface area contributed by atoms with Crippen LogP contribution in [0.3, 0.4) is 0 Å². The Kier molecular flexibility index (Phi) is 9.76. The molecule has 162 valence electrons. The van der Waals surface area contributed by atoms with E-state index in [0.29, 0.717) is 26.3 Å². The number of hydrogen-bond donors (Lipinski definition) is 0. The van der Waals surface area contributed by atoms with E-state index in [0.717, 1.165) is 23.5 Å². The molecule has 8 heteroatoms. The minimum Gasteiger partial charge on any atom is -0.497 e. The van der Waals surface area contributed by atoms with Crippen LogP contribution >= 0.6 is 11.8 Å². The molecular weight excluding hydrogens is 392 g/mol. The summed E-state index contributed by atoms with van der Waals surface area (Å²) in [7, 11) is 3.28. The lowest BCUT2D eigenvalue weighted by molar-refractivity contribution is -0.150. The maximum Gasteiger partial charge on any atom is 0.323 e. The van der Waals surface area contributed by atoms with Crippen LogP contribution in [0, 0.1) is 0 Å². The third-order valence-electron chi connectivity index (χ3n) is 4.92. The molecule has 1 aliphatic rings. The summed E-state index contributed by atoms with van der Waals surface area (Å²) in [5.41, 5.74) is 1.08. The number of hydrogen-bond acceptors (Lipinski definition) is 7. The summed E-state index contributed by atoms with van der Waals surface area (Å²) in [6.45, 7) is 5.94. The Morgan fingerprint density at radius 3 is 2.62 bits per heavy atom. The second kappa shape index (κ2) is 12.0. The van der Waals surface area contributed by atoms with Crippen LogP contribution in [0.1, 0.15) is 31.2 Å². The highest BCUT2D eigenvalue weighted by Gasteiger charge is 2.33. The van der Waals surface area contributed by atoms with Crippen LogP contribution in [0.25, 0.3) is 0 Å². The predicted octanol–water partition coefficient (Wildman–Crippen LogP) is 2.56. The highest BCUT2D eigenvalue weighted by molar-refractivity contribution is 7.99. The molecule has 2 rings (SSSR count). The fourth-order valence-electron chi connectivity index (χ4n) is 3.27. The third-order valence-corrected chi connectivity index (χ3v) is 6.18. The van der Waals surface area contributed by atoms with E-state index in [4.69, 9.17) is 14.2 Å². The minimum absolute atomic E-state index is 0.0179. The Hall–Kier alpha value is -1.77. The van der Waals surface area contributed by atoms with E-state index in [9.17, 15) is 9.59 Å². The number of rotatable bonds is 11. The van der Waals surface area contributed by atoms with Gasteiger partial charge in [-0.3, -0.25) is 14.5 Å². The summed E-state index contributed by atoms with van der Waals surface area (Å²) in [6, 6.07) is 7.35. The van der Waals surface area contributed by atoms with Gasteiger partial charge in [-0.15, -0.1) is 11.8 Å². The van der Waals surface area contributed by atoms with Crippen LogP contribution in [0.2, 0.25) is 0 Å². The van der Waals surface area contributed by atoms with E-state index in [1.54, 1.807) is 39.8 Å². The monoisotopic (exact) mass is 424 g/mol. The van der Waals surface area contributed by atoms with Gasteiger partial charge in [0.25, 0.3) is 0 Å². The largest absolute Gasteiger partial charge is 0.497 e. The number of amides is 1. The second-order valence-electron chi connectivity index (χ2n) is 6.83. The normalized spacial score (nSPS) is 17.4. The van der Waals surface area contributed by atoms with Gasteiger partial charge in [-0.2, -0.15) is 0 Å². The van der Waals surface area contributed by atoms with Gasteiger partial charge in [0.05, 0.1) is 20.3 Å². The van der Waals surface area contributed by atoms with Gasteiger partial charge in [-0.25, -0.2) is 0 Å². The zero-order valence-corrected chi connectivity index (χ0v) is 18.6. The lowest BCUT2D eigenvalue weighted by Gasteiger charge is -2.31. The summed E-state index contributed by atoms with van der Waals surface area (Å²) in [6.07, 6.45) is 0.740. The molecule has 2 atom stereocenters. The summed E-state index contributed by atoms with van der Waals surface area (Å²) < 4.78 is 15.5. The van der Waals surface area contributed by atoms with Gasteiger partial charge < -0.3 is 19.1 Å². The summed E-state index contributed by atoms with van der Waals surface area (Å²) in [4.78, 5) is 29.2. The Morgan fingerprint density at radius 2 is 2.00 bits per heavy atom. The number of carbonyl (C=O) groups excluding carboxylic acids is 2. The maximum atomic E-state index is 13.1. The molecule has 1 aromatic carbocycles. The van der Waals surface area contributed by atoms with Gasteiger partial charge in [0.1, 0.15) is 17.2 Å². The van der Waals surface area contributed by atoms with Gasteiger partial charge in [0, 0.05) is 32.6 Å². The highest BCUT2D eigenvalue weighted by atomic mass is 32.2. The number of esters is 1. The second-order valence-corrected chi connectivity index (χ2v) is 8.02. The number of thioether (sulfide) groups is 1. The van der Waals surface area contributed by atoms with Gasteiger partial charge in [0.2, 0.25) is 5.91 Å². The molecule has 1 amide bonds. The molecular formula is C21H32N2O5S. The predicted molar refractivity (Wildman–Crippen MR) is 114 cm³/mol. The molecule has 1 heterocycles. The summed E-state index contributed by atoms with van der Waals surface area (Å²) in [5.74, 6) is 1.39. The van der Waals surface area contributed by atoms with Crippen molar-refractivity contribution in [2.45, 2.75) is 31.7 Å². The van der Waals surface area contributed by atoms with E-state index in [-0.39, 0.29) is 23.8 Å². The fraction of sp³-hybridized carbons (Fsp3) is 0.619. The number of carbonyl (C=O) groups is 2. The molecule has 0 aliphatic carbocycles. The standard InChI is InChI=1S/C21H32N2O5S/c1-5-28-21(25)16(2)22(11-6-13-26-3)15-19(24)23-12-14-29-20(23)17-7-9-18(27-4)10-8-17/h7-10,16,20H,5-6,11-15H2,1-4H3/t16-,20+/m0/s1. The van der Waals surface area contributed by atoms with E-state index in [1.807, 2.05) is 34.1 Å². The molecule has 0 spiro atoms. The molecule has 1 fully saturated rings. The Morgan fingerprint density at radius 1 is 1.28 bits per heavy atom. The summed E-state index contributed by atoms with van der Waals surface area (Å²) >= 11 is 1.75. The Balaban J connectivity index is 2.07. The maximum absolute atomic E-state index is 13.1. The zero-order chi connectivity index (χ0) is 21.2. The highest BCUT2D eigenvalue weighted by Crippen LogP contribution is 2.38. The molecule has 0 bridgehead atoms. The van der Waals surface area contributed by atoms with Crippen molar-refractivity contribution in [1.82, 2.24) is 9.80 Å². The van der Waals surface area contributed by atoms with E-state index < -0.39 is 6.04 Å². The van der Waals surface area contributed by atoms with Crippen molar-refractivity contribution in [3.8, 4) is 5.75 Å². The number of methoxy groups -OCH3 is 2. The summed E-state index contributed by atoms with van der Waals surface area (Å²) in [5, 5.41) is -0.0212. The van der Waals surface area contributed by atoms with E-state index in [2.05, 4.69) is 0 Å². The van der Waals surface area contributed by atoms with Crippen LogP contribution < -0.4 is 4.74 Å². The Bertz CT molecular complexity index is 655. The smallest absolute Gasteiger partial charge is 0.323 e. The van der Waals surface area contributed by atoms with Crippen molar-refractivity contribution in [2.24, 2.45) is 0 Å². The molecule has 0 aromatic heterocycles. The van der Waals surface area contributed by atoms with Gasteiger partial charge in [-0.05, 0) is 38.0 Å². The first-order valence-corrected chi connectivity index (χ1v) is 11.0. The molecule has 0 radical (unpaired) electrons. The van der Waals surface area contributed by atoms with Crippen molar-refractivity contribution in [3.05, 3.63) is 29.8 Å². The van der Waals surface area contributed by atoms with Gasteiger partial charge >= 0.3 is 5.97 Å². The zero-order valence-electron chi connectivity index (χ0n) is 17.8. The molecule has 1 saturated heterocycles. The molecule has 1 aromatic rings. The van der Waals surface area contributed by atoms with Crippen LogP contribution in [0.5, 0.6) is 5.75 Å². The van der Waals surface area contributed by atoms with Crippen LogP contribution in [-0.4, -0.2) is 80.5 Å². The van der Waals surface area contributed by atoms with Crippen LogP contribution in [0.4, 0.5) is 0 Å². The molecule has 1 aliphatic heterocycles. The lowest BCUT2D eigenvalue weighted by Crippen LogP contribution is -2.47. The molecule has 0 unspecified atom stereocenters. The van der Waals surface area contributed by atoms with Crippen molar-refractivity contribution < 1.29 is 23.8 Å². The average Bonchev–Trinajstić information content (AvgIpc) is 3.23. The molecule has 0 N–H and O–H groups in total. The molecule has 29 heavy (non-hydrogen) atoms. The topological polar surface area (TPSA) is 68.3 Å². The SMILES string of the molecule is CCOC(=O)[C@H](C)N(CCCOC)CC(=O)N1CCS[C@@H]1c1ccc(OC)cc1. The van der Waals surface area contributed by atoms with E-state index >= 15 is 0 Å². The molecule has 7 nitrogen and oxygen atoms in total. The van der Waals surface area contributed by atoms with Crippen molar-refractivity contribution >= 4 is 23.6 Å². The lowest BCUT2D eigenvalue weighted by atomic mass is 10.2. The molecule has 0 saturated carbocycles. The van der Waals surface area contributed by atoms with Crippen LogP contribution in [0.15, 0.2) is 24.3 Å². The first kappa shape index (κ1) is 23.5. The van der Waals surface area contributed by atoms with Crippen molar-refractivity contribution in [3.63, 3.8) is 0 Å². The third kappa shape index (κ3) is 6.62. The van der Waals surface area contributed by atoms with Crippen molar-refractivity contribution in [2.75, 3.05) is 52.8 Å². The average molecular weight is 425 g/mol. The van der Waals surface area contributed by atoms with Crippen molar-refractivity contribution in [1.29, 1.82) is 0 Å². The van der Waals surface area contributed by atoms with Gasteiger partial charge in [0.15, 0.2) is 0 Å². The van der Waals surface area contributed by atoms with E-state index in [1.165, 1.54) is 0 Å². The number of benzene rings is 1. The van der Waals surface area contributed by atoms with Gasteiger partial charge in [-0.1, -0.05) is 12.1 Å². The number of ether oxygens (including phenoxy) is 3. The fourth-order valence-corrected chi connectivity index (χ4v) is 4.55. The van der Waals surface area contributed by atoms with Crippen LogP contribution in [-0.2, 0) is 19.1 Å². The quantitative estimate of drug-likeness (QED) is 0.399. The Labute approximate surface area is 177 Å². The minimum atomic E-state index is -0.481.